The van der Waals surface area contributed by atoms with E-state index in [4.69, 9.17) is 0 Å². The molecule has 0 nitrogen and oxygen atoms in total. The van der Waals surface area contributed by atoms with Crippen LogP contribution in [0.25, 0.3) is 0 Å². The smallest absolute Gasteiger partial charge is 0.0224 e. The molecule has 1 aromatic carbocycles. The molecule has 0 heterocycles. The monoisotopic (exact) mass is 202 g/mol. The van der Waals surface area contributed by atoms with Gasteiger partial charge < -0.3 is 0 Å². The number of rotatable bonds is 0. The highest BCUT2D eigenvalue weighted by molar-refractivity contribution is 5.38. The van der Waals surface area contributed by atoms with Gasteiger partial charge in [-0.2, -0.15) is 0 Å². The summed E-state index contributed by atoms with van der Waals surface area (Å²) in [7, 11) is 0. The van der Waals surface area contributed by atoms with Gasteiger partial charge in [0.1, 0.15) is 0 Å². The Morgan fingerprint density at radius 1 is 1.00 bits per heavy atom. The molecule has 0 saturated heterocycles. The Morgan fingerprint density at radius 2 is 1.60 bits per heavy atom. The van der Waals surface area contributed by atoms with Crippen LogP contribution in [0.2, 0.25) is 0 Å². The molecule has 0 heteroatoms. The number of fused-ring (bicyclic) bond motifs is 1. The van der Waals surface area contributed by atoms with E-state index in [1.807, 2.05) is 0 Å². The van der Waals surface area contributed by atoms with Gasteiger partial charge in [0, 0.05) is 0 Å². The summed E-state index contributed by atoms with van der Waals surface area (Å²) in [5, 5.41) is 0. The second-order valence-corrected chi connectivity index (χ2v) is 5.90. The van der Waals surface area contributed by atoms with Crippen molar-refractivity contribution in [1.29, 1.82) is 0 Å². The van der Waals surface area contributed by atoms with Gasteiger partial charge in [-0.15, -0.1) is 0 Å². The van der Waals surface area contributed by atoms with E-state index >= 15 is 0 Å². The molecule has 0 amide bonds. The topological polar surface area (TPSA) is 0 Å². The third-order valence-electron chi connectivity index (χ3n) is 3.78. The summed E-state index contributed by atoms with van der Waals surface area (Å²) in [6.07, 6.45) is 5.24. The van der Waals surface area contributed by atoms with E-state index in [0.29, 0.717) is 5.41 Å². The molecule has 0 radical (unpaired) electrons. The highest BCUT2D eigenvalue weighted by atomic mass is 14.3. The van der Waals surface area contributed by atoms with E-state index in [1.165, 1.54) is 36.8 Å². The van der Waals surface area contributed by atoms with E-state index < -0.39 is 0 Å². The van der Waals surface area contributed by atoms with Crippen molar-refractivity contribution in [2.75, 3.05) is 0 Å². The summed E-state index contributed by atoms with van der Waals surface area (Å²) in [5.74, 6) is 0. The fourth-order valence-corrected chi connectivity index (χ4v) is 2.69. The van der Waals surface area contributed by atoms with Crippen LogP contribution in [-0.2, 0) is 12.8 Å². The van der Waals surface area contributed by atoms with Crippen molar-refractivity contribution in [2.45, 2.75) is 53.4 Å². The highest BCUT2D eigenvalue weighted by Gasteiger charge is 2.23. The van der Waals surface area contributed by atoms with Gasteiger partial charge in [-0.1, -0.05) is 26.0 Å². The first-order valence-corrected chi connectivity index (χ1v) is 6.07. The molecule has 0 aromatic heterocycles. The zero-order valence-corrected chi connectivity index (χ0v) is 10.5. The minimum atomic E-state index is 0.493. The van der Waals surface area contributed by atoms with Crippen LogP contribution in [0.1, 0.15) is 48.9 Å². The third-order valence-corrected chi connectivity index (χ3v) is 3.78. The second kappa shape index (κ2) is 3.66. The van der Waals surface area contributed by atoms with Crippen molar-refractivity contribution in [2.24, 2.45) is 5.41 Å². The standard InChI is InChI=1S/C15H22/c1-11-8-13-6-5-7-15(3,4)10-14(13)9-12(11)2/h8-9H,5-7,10H2,1-4H3. The molecule has 0 bridgehead atoms. The van der Waals surface area contributed by atoms with Gasteiger partial charge in [0.05, 0.1) is 0 Å². The van der Waals surface area contributed by atoms with E-state index in [2.05, 4.69) is 39.8 Å². The molecule has 0 spiro atoms. The Balaban J connectivity index is 2.43. The number of aryl methyl sites for hydroxylation is 3. The summed E-state index contributed by atoms with van der Waals surface area (Å²) in [5.41, 5.74) is 6.59. The van der Waals surface area contributed by atoms with Crippen molar-refractivity contribution in [3.05, 3.63) is 34.4 Å². The van der Waals surface area contributed by atoms with Crippen molar-refractivity contribution >= 4 is 0 Å². The molecule has 0 atom stereocenters. The number of hydrogen-bond acceptors (Lipinski definition) is 0. The van der Waals surface area contributed by atoms with E-state index in [9.17, 15) is 0 Å². The summed E-state index contributed by atoms with van der Waals surface area (Å²) in [6, 6.07) is 4.82. The quantitative estimate of drug-likeness (QED) is 0.553. The van der Waals surface area contributed by atoms with E-state index in [1.54, 1.807) is 11.1 Å². The predicted octanol–water partition coefficient (Wildman–Crippen LogP) is 4.21. The first-order chi connectivity index (χ1) is 6.98. The molecule has 15 heavy (non-hydrogen) atoms. The maximum absolute atomic E-state index is 2.41. The highest BCUT2D eigenvalue weighted by Crippen LogP contribution is 2.34. The molecular weight excluding hydrogens is 180 g/mol. The van der Waals surface area contributed by atoms with Gasteiger partial charge in [0.15, 0.2) is 0 Å². The Labute approximate surface area is 93.7 Å². The van der Waals surface area contributed by atoms with Gasteiger partial charge in [0.2, 0.25) is 0 Å². The number of benzene rings is 1. The van der Waals surface area contributed by atoms with Crippen LogP contribution in [0.5, 0.6) is 0 Å². The van der Waals surface area contributed by atoms with Crippen LogP contribution in [-0.4, -0.2) is 0 Å². The lowest BCUT2D eigenvalue weighted by molar-refractivity contribution is 0.333. The van der Waals surface area contributed by atoms with Crippen LogP contribution >= 0.6 is 0 Å². The van der Waals surface area contributed by atoms with Gasteiger partial charge in [-0.3, -0.25) is 0 Å². The zero-order chi connectivity index (χ0) is 11.1. The molecule has 0 N–H and O–H groups in total. The lowest BCUT2D eigenvalue weighted by atomic mass is 9.83. The summed E-state index contributed by atoms with van der Waals surface area (Å²) in [6.45, 7) is 9.26. The predicted molar refractivity (Wildman–Crippen MR) is 66.3 cm³/mol. The van der Waals surface area contributed by atoms with Gasteiger partial charge in [-0.05, 0) is 67.2 Å². The Bertz CT molecular complexity index is 372. The van der Waals surface area contributed by atoms with Gasteiger partial charge in [0.25, 0.3) is 0 Å². The first kappa shape index (κ1) is 10.7. The molecule has 1 aliphatic carbocycles. The summed E-state index contributed by atoms with van der Waals surface area (Å²) >= 11 is 0. The summed E-state index contributed by atoms with van der Waals surface area (Å²) < 4.78 is 0. The van der Waals surface area contributed by atoms with E-state index in [0.717, 1.165) is 0 Å². The van der Waals surface area contributed by atoms with Crippen LogP contribution in [0.4, 0.5) is 0 Å². The fourth-order valence-electron chi connectivity index (χ4n) is 2.69. The van der Waals surface area contributed by atoms with Gasteiger partial charge >= 0.3 is 0 Å². The lowest BCUT2D eigenvalue weighted by Gasteiger charge is -2.22. The minimum Gasteiger partial charge on any atom is -0.0596 e. The molecule has 2 rings (SSSR count). The average Bonchev–Trinajstić information content (AvgIpc) is 2.24. The molecule has 0 saturated carbocycles. The molecular formula is C15H22. The lowest BCUT2D eigenvalue weighted by Crippen LogP contribution is -2.13. The largest absolute Gasteiger partial charge is 0.0596 e. The molecule has 0 aliphatic heterocycles. The van der Waals surface area contributed by atoms with Crippen LogP contribution in [0, 0.1) is 19.3 Å². The average molecular weight is 202 g/mol. The maximum atomic E-state index is 2.41. The third kappa shape index (κ3) is 2.25. The Morgan fingerprint density at radius 3 is 2.27 bits per heavy atom. The molecule has 0 unspecified atom stereocenters. The van der Waals surface area contributed by atoms with Crippen LogP contribution in [0.15, 0.2) is 12.1 Å². The normalized spacial score (nSPS) is 19.5. The minimum absolute atomic E-state index is 0.493. The first-order valence-electron chi connectivity index (χ1n) is 6.07. The molecule has 0 fully saturated rings. The Kier molecular flexibility index (Phi) is 2.62. The van der Waals surface area contributed by atoms with Gasteiger partial charge in [-0.25, -0.2) is 0 Å². The molecule has 1 aromatic rings. The Hall–Kier alpha value is -0.780. The summed E-state index contributed by atoms with van der Waals surface area (Å²) in [4.78, 5) is 0. The number of hydrogen-bond donors (Lipinski definition) is 0. The fraction of sp³-hybridized carbons (Fsp3) is 0.600. The maximum Gasteiger partial charge on any atom is -0.0224 e. The zero-order valence-electron chi connectivity index (χ0n) is 10.5. The van der Waals surface area contributed by atoms with Crippen molar-refractivity contribution in [3.63, 3.8) is 0 Å². The molecule has 1 aliphatic rings. The van der Waals surface area contributed by atoms with Crippen molar-refractivity contribution < 1.29 is 0 Å². The van der Waals surface area contributed by atoms with E-state index in [-0.39, 0.29) is 0 Å². The van der Waals surface area contributed by atoms with Crippen LogP contribution in [0.3, 0.4) is 0 Å². The van der Waals surface area contributed by atoms with Crippen molar-refractivity contribution in [1.82, 2.24) is 0 Å². The molecule has 82 valence electrons. The van der Waals surface area contributed by atoms with Crippen molar-refractivity contribution in [3.8, 4) is 0 Å². The van der Waals surface area contributed by atoms with Crippen LogP contribution < -0.4 is 0 Å². The SMILES string of the molecule is Cc1cc2c(cc1C)CC(C)(C)CCC2. The second-order valence-electron chi connectivity index (χ2n) is 5.90.